The van der Waals surface area contributed by atoms with E-state index in [2.05, 4.69) is 10.1 Å². The van der Waals surface area contributed by atoms with Gasteiger partial charge in [0.25, 0.3) is 0 Å². The van der Waals surface area contributed by atoms with Gasteiger partial charge in [0.15, 0.2) is 6.10 Å². The van der Waals surface area contributed by atoms with Crippen molar-refractivity contribution in [1.82, 2.24) is 0 Å². The summed E-state index contributed by atoms with van der Waals surface area (Å²) in [6, 6.07) is 7.09. The van der Waals surface area contributed by atoms with Crippen molar-refractivity contribution in [3.63, 3.8) is 0 Å². The van der Waals surface area contributed by atoms with Crippen LogP contribution in [0.3, 0.4) is 0 Å². The molecule has 2 rings (SSSR count). The molecule has 0 saturated heterocycles. The lowest BCUT2D eigenvalue weighted by Crippen LogP contribution is -2.35. The number of esters is 1. The third kappa shape index (κ3) is 4.01. The second kappa shape index (κ2) is 6.20. The van der Waals surface area contributed by atoms with Gasteiger partial charge >= 0.3 is 12.1 Å². The minimum atomic E-state index is -1.20. The average Bonchev–Trinajstić information content (AvgIpc) is 3.25. The number of nitrogens with one attached hydrogen (secondary N) is 1. The molecular formula is C17H23NO5. The second-order valence-electron chi connectivity index (χ2n) is 6.79. The molecule has 1 fully saturated rings. The summed E-state index contributed by atoms with van der Waals surface area (Å²) in [5.74, 6) is -0.645. The maximum absolute atomic E-state index is 11.8. The SMILES string of the molecule is COC(=O)C(O)C1(c2cccc(NC(=O)OC(C)(C)C)c2)CC1. The van der Waals surface area contributed by atoms with Gasteiger partial charge in [0.1, 0.15) is 5.60 Å². The molecule has 6 nitrogen and oxygen atoms in total. The van der Waals surface area contributed by atoms with E-state index < -0.39 is 29.2 Å². The van der Waals surface area contributed by atoms with Crippen LogP contribution in [0.1, 0.15) is 39.2 Å². The van der Waals surface area contributed by atoms with Crippen LogP contribution in [0.5, 0.6) is 0 Å². The highest BCUT2D eigenvalue weighted by Crippen LogP contribution is 2.51. The number of ether oxygens (including phenoxy) is 2. The first-order valence-corrected chi connectivity index (χ1v) is 7.54. The summed E-state index contributed by atoms with van der Waals surface area (Å²) in [5, 5.41) is 12.9. The van der Waals surface area contributed by atoms with Crippen LogP contribution < -0.4 is 5.32 Å². The van der Waals surface area contributed by atoms with Crippen molar-refractivity contribution in [2.24, 2.45) is 0 Å². The number of rotatable bonds is 4. The van der Waals surface area contributed by atoms with Gasteiger partial charge in [0.2, 0.25) is 0 Å². The van der Waals surface area contributed by atoms with Crippen LogP contribution in [-0.2, 0) is 19.7 Å². The first-order valence-electron chi connectivity index (χ1n) is 7.54. The van der Waals surface area contributed by atoms with E-state index in [-0.39, 0.29) is 0 Å². The molecule has 1 aliphatic carbocycles. The van der Waals surface area contributed by atoms with E-state index in [0.717, 1.165) is 5.56 Å². The number of hydrogen-bond donors (Lipinski definition) is 2. The lowest BCUT2D eigenvalue weighted by atomic mass is 9.89. The van der Waals surface area contributed by atoms with Gasteiger partial charge in [-0.3, -0.25) is 5.32 Å². The molecule has 0 spiro atoms. The Morgan fingerprint density at radius 3 is 2.48 bits per heavy atom. The summed E-state index contributed by atoms with van der Waals surface area (Å²) in [7, 11) is 1.25. The molecule has 2 N–H and O–H groups in total. The maximum Gasteiger partial charge on any atom is 0.412 e. The predicted molar refractivity (Wildman–Crippen MR) is 85.2 cm³/mol. The molecule has 126 valence electrons. The highest BCUT2D eigenvalue weighted by atomic mass is 16.6. The maximum atomic E-state index is 11.8. The van der Waals surface area contributed by atoms with Crippen LogP contribution in [0.25, 0.3) is 0 Å². The molecule has 0 radical (unpaired) electrons. The van der Waals surface area contributed by atoms with Crippen LogP contribution in [0.4, 0.5) is 10.5 Å². The molecule has 1 aliphatic rings. The van der Waals surface area contributed by atoms with Crippen LogP contribution in [0.15, 0.2) is 24.3 Å². The average molecular weight is 321 g/mol. The Morgan fingerprint density at radius 1 is 1.30 bits per heavy atom. The summed E-state index contributed by atoms with van der Waals surface area (Å²) in [6.45, 7) is 5.36. The van der Waals surface area contributed by atoms with Gasteiger partial charge in [-0.15, -0.1) is 0 Å². The molecule has 6 heteroatoms. The zero-order valence-corrected chi connectivity index (χ0v) is 13.9. The Hall–Kier alpha value is -2.08. The van der Waals surface area contributed by atoms with Gasteiger partial charge in [-0.2, -0.15) is 0 Å². The van der Waals surface area contributed by atoms with Crippen molar-refractivity contribution in [3.05, 3.63) is 29.8 Å². The van der Waals surface area contributed by atoms with E-state index in [1.807, 2.05) is 6.07 Å². The Labute approximate surface area is 135 Å². The summed E-state index contributed by atoms with van der Waals surface area (Å²) in [6.07, 6.45) is -0.365. The quantitative estimate of drug-likeness (QED) is 0.833. The fourth-order valence-electron chi connectivity index (χ4n) is 2.52. The van der Waals surface area contributed by atoms with Crippen LogP contribution in [0.2, 0.25) is 0 Å². The Kier molecular flexibility index (Phi) is 4.66. The summed E-state index contributed by atoms with van der Waals surface area (Å²) in [4.78, 5) is 23.5. The standard InChI is InChI=1S/C17H23NO5/c1-16(2,3)23-15(21)18-12-7-5-6-11(10-12)17(8-9-17)13(19)14(20)22-4/h5-7,10,13,19H,8-9H2,1-4H3,(H,18,21). The Morgan fingerprint density at radius 2 is 1.96 bits per heavy atom. The summed E-state index contributed by atoms with van der Waals surface area (Å²) in [5.41, 5.74) is 0.142. The first-order chi connectivity index (χ1) is 10.7. The fraction of sp³-hybridized carbons (Fsp3) is 0.529. The van der Waals surface area contributed by atoms with Gasteiger partial charge in [-0.25, -0.2) is 9.59 Å². The van der Waals surface area contributed by atoms with Gasteiger partial charge < -0.3 is 14.6 Å². The molecular weight excluding hydrogens is 298 g/mol. The zero-order valence-electron chi connectivity index (χ0n) is 13.9. The summed E-state index contributed by atoms with van der Waals surface area (Å²) >= 11 is 0. The number of methoxy groups -OCH3 is 1. The number of carbonyl (C=O) groups excluding carboxylic acids is 2. The van der Waals surface area contributed by atoms with Crippen LogP contribution in [0, 0.1) is 0 Å². The summed E-state index contributed by atoms with van der Waals surface area (Å²) < 4.78 is 9.84. The third-order valence-electron chi connectivity index (χ3n) is 3.82. The molecule has 0 bridgehead atoms. The van der Waals surface area contributed by atoms with E-state index in [4.69, 9.17) is 4.74 Å². The molecule has 1 aromatic carbocycles. The van der Waals surface area contributed by atoms with E-state index in [9.17, 15) is 14.7 Å². The molecule has 0 heterocycles. The van der Waals surface area contributed by atoms with Crippen LogP contribution in [-0.4, -0.2) is 36.0 Å². The van der Waals surface area contributed by atoms with Crippen molar-refractivity contribution >= 4 is 17.7 Å². The molecule has 1 aromatic rings. The fourth-order valence-corrected chi connectivity index (χ4v) is 2.52. The topological polar surface area (TPSA) is 84.9 Å². The lowest BCUT2D eigenvalue weighted by molar-refractivity contribution is -0.152. The highest BCUT2D eigenvalue weighted by Gasteiger charge is 2.53. The number of aliphatic hydroxyl groups excluding tert-OH is 1. The van der Waals surface area contributed by atoms with Gasteiger partial charge in [0, 0.05) is 11.1 Å². The first kappa shape index (κ1) is 17.3. The zero-order chi connectivity index (χ0) is 17.3. The minimum Gasteiger partial charge on any atom is -0.467 e. The van der Waals surface area contributed by atoms with Crippen LogP contribution >= 0.6 is 0 Å². The van der Waals surface area contributed by atoms with E-state index in [1.54, 1.807) is 39.0 Å². The number of amides is 1. The highest BCUT2D eigenvalue weighted by molar-refractivity contribution is 5.85. The van der Waals surface area contributed by atoms with Crippen molar-refractivity contribution in [3.8, 4) is 0 Å². The van der Waals surface area contributed by atoms with E-state index in [1.165, 1.54) is 7.11 Å². The number of aliphatic hydroxyl groups is 1. The molecule has 1 amide bonds. The van der Waals surface area contributed by atoms with E-state index >= 15 is 0 Å². The van der Waals surface area contributed by atoms with Gasteiger partial charge in [-0.05, 0) is 51.3 Å². The smallest absolute Gasteiger partial charge is 0.412 e. The second-order valence-corrected chi connectivity index (χ2v) is 6.79. The van der Waals surface area contributed by atoms with Gasteiger partial charge in [0.05, 0.1) is 7.11 Å². The molecule has 0 aromatic heterocycles. The monoisotopic (exact) mass is 321 g/mol. The van der Waals surface area contributed by atoms with E-state index in [0.29, 0.717) is 18.5 Å². The number of anilines is 1. The minimum absolute atomic E-state index is 0.548. The Balaban J connectivity index is 2.14. The molecule has 1 unspecified atom stereocenters. The van der Waals surface area contributed by atoms with Crippen molar-refractivity contribution < 1.29 is 24.2 Å². The molecule has 0 aliphatic heterocycles. The van der Waals surface area contributed by atoms with Crippen molar-refractivity contribution in [2.45, 2.75) is 50.7 Å². The molecule has 23 heavy (non-hydrogen) atoms. The van der Waals surface area contributed by atoms with Crippen molar-refractivity contribution in [2.75, 3.05) is 12.4 Å². The normalized spacial score (nSPS) is 17.1. The van der Waals surface area contributed by atoms with Crippen molar-refractivity contribution in [1.29, 1.82) is 0 Å². The number of carbonyl (C=O) groups is 2. The largest absolute Gasteiger partial charge is 0.467 e. The third-order valence-corrected chi connectivity index (χ3v) is 3.82. The Bertz CT molecular complexity index is 601. The molecule has 1 atom stereocenters. The predicted octanol–water partition coefficient (Wildman–Crippen LogP) is 2.60. The van der Waals surface area contributed by atoms with Gasteiger partial charge in [-0.1, -0.05) is 12.1 Å². The number of benzene rings is 1. The number of hydrogen-bond acceptors (Lipinski definition) is 5. The molecule has 1 saturated carbocycles. The lowest BCUT2D eigenvalue weighted by Gasteiger charge is -2.22.